The summed E-state index contributed by atoms with van der Waals surface area (Å²) < 4.78 is 33.2. The number of ether oxygens (including phenoxy) is 1. The summed E-state index contributed by atoms with van der Waals surface area (Å²) in [5, 5.41) is 13.8. The molecule has 9 heteroatoms. The van der Waals surface area contributed by atoms with Gasteiger partial charge in [-0.15, -0.1) is 0 Å². The van der Waals surface area contributed by atoms with Crippen molar-refractivity contribution >= 4 is 15.7 Å². The molecule has 2 heterocycles. The Morgan fingerprint density at radius 3 is 2.30 bits per heavy atom. The van der Waals surface area contributed by atoms with Crippen LogP contribution in [0.2, 0.25) is 0 Å². The molecule has 1 spiro atoms. The minimum Gasteiger partial charge on any atom is -0.364 e. The fourth-order valence-corrected chi connectivity index (χ4v) is 4.76. The highest BCUT2D eigenvalue weighted by molar-refractivity contribution is 7.89. The summed E-state index contributed by atoms with van der Waals surface area (Å²) in [5.74, 6) is 0. The molecule has 0 amide bonds. The van der Waals surface area contributed by atoms with Crippen LogP contribution in [0.3, 0.4) is 0 Å². The fourth-order valence-electron chi connectivity index (χ4n) is 3.10. The molecule has 2 aliphatic heterocycles. The molecule has 3 rings (SSSR count). The highest BCUT2D eigenvalue weighted by Gasteiger charge is 2.51. The molecule has 0 aliphatic carbocycles. The summed E-state index contributed by atoms with van der Waals surface area (Å²) in [6.07, 6.45) is 0. The lowest BCUT2D eigenvalue weighted by Gasteiger charge is -2.53. The van der Waals surface area contributed by atoms with Gasteiger partial charge in [0.15, 0.2) is 0 Å². The quantitative estimate of drug-likeness (QED) is 0.642. The number of morpholine rings is 1. The van der Waals surface area contributed by atoms with Gasteiger partial charge >= 0.3 is 0 Å². The molecule has 0 bridgehead atoms. The molecule has 23 heavy (non-hydrogen) atoms. The Labute approximate surface area is 134 Å². The van der Waals surface area contributed by atoms with E-state index in [0.717, 1.165) is 0 Å². The van der Waals surface area contributed by atoms with Crippen molar-refractivity contribution in [1.29, 1.82) is 0 Å². The zero-order valence-corrected chi connectivity index (χ0v) is 13.8. The van der Waals surface area contributed by atoms with Crippen molar-refractivity contribution < 1.29 is 18.1 Å². The monoisotopic (exact) mass is 341 g/mol. The zero-order valence-electron chi connectivity index (χ0n) is 13.0. The lowest BCUT2D eigenvalue weighted by atomic mass is 9.92. The van der Waals surface area contributed by atoms with Crippen LogP contribution in [0.15, 0.2) is 29.2 Å². The van der Waals surface area contributed by atoms with E-state index in [-0.39, 0.29) is 23.7 Å². The molecular weight excluding hydrogens is 322 g/mol. The number of hydrogen-bond acceptors (Lipinski definition) is 6. The number of sulfonamides is 1. The van der Waals surface area contributed by atoms with Crippen LogP contribution in [-0.4, -0.2) is 55.0 Å². The van der Waals surface area contributed by atoms with Crippen LogP contribution in [0.5, 0.6) is 0 Å². The Morgan fingerprint density at radius 1 is 1.22 bits per heavy atom. The Morgan fingerprint density at radius 2 is 1.83 bits per heavy atom. The van der Waals surface area contributed by atoms with Crippen molar-refractivity contribution in [3.63, 3.8) is 0 Å². The van der Waals surface area contributed by atoms with E-state index >= 15 is 0 Å². The molecule has 126 valence electrons. The highest BCUT2D eigenvalue weighted by Crippen LogP contribution is 2.34. The first-order valence-corrected chi connectivity index (χ1v) is 8.73. The summed E-state index contributed by atoms with van der Waals surface area (Å²) >= 11 is 0. The van der Waals surface area contributed by atoms with Crippen molar-refractivity contribution in [2.45, 2.75) is 29.9 Å². The standard InChI is InChI=1S/C14H19N3O5S/c1-13(2)9-16(10-14(22-13)7-15-8-14)23(20,21)12-5-3-11(4-6-12)17(18)19/h3-6,15H,7-10H2,1-2H3. The van der Waals surface area contributed by atoms with Crippen LogP contribution in [0.25, 0.3) is 0 Å². The molecule has 1 N–H and O–H groups in total. The molecular formula is C14H19N3O5S. The van der Waals surface area contributed by atoms with E-state index < -0.39 is 26.1 Å². The van der Waals surface area contributed by atoms with Crippen LogP contribution >= 0.6 is 0 Å². The predicted octanol–water partition coefficient (Wildman–Crippen LogP) is 0.736. The van der Waals surface area contributed by atoms with Crippen molar-refractivity contribution in [3.05, 3.63) is 34.4 Å². The smallest absolute Gasteiger partial charge is 0.269 e. The van der Waals surface area contributed by atoms with Crippen LogP contribution < -0.4 is 5.32 Å². The number of nitrogens with zero attached hydrogens (tertiary/aromatic N) is 2. The van der Waals surface area contributed by atoms with Gasteiger partial charge in [-0.05, 0) is 26.0 Å². The second kappa shape index (κ2) is 5.23. The minimum absolute atomic E-state index is 0.0585. The molecule has 0 saturated carbocycles. The number of nitro groups is 1. The largest absolute Gasteiger partial charge is 0.364 e. The van der Waals surface area contributed by atoms with E-state index in [1.54, 1.807) is 0 Å². The van der Waals surface area contributed by atoms with E-state index in [9.17, 15) is 18.5 Å². The zero-order chi connectivity index (χ0) is 16.9. The maximum Gasteiger partial charge on any atom is 0.269 e. The molecule has 0 aromatic heterocycles. The van der Waals surface area contributed by atoms with E-state index in [2.05, 4.69) is 5.32 Å². The van der Waals surface area contributed by atoms with Gasteiger partial charge in [0.2, 0.25) is 10.0 Å². The molecule has 8 nitrogen and oxygen atoms in total. The fraction of sp³-hybridized carbons (Fsp3) is 0.571. The van der Waals surface area contributed by atoms with Crippen molar-refractivity contribution in [2.24, 2.45) is 0 Å². The summed E-state index contributed by atoms with van der Waals surface area (Å²) in [4.78, 5) is 10.2. The summed E-state index contributed by atoms with van der Waals surface area (Å²) in [6.45, 7) is 5.48. The van der Waals surface area contributed by atoms with Crippen LogP contribution in [0.1, 0.15) is 13.8 Å². The van der Waals surface area contributed by atoms with Gasteiger partial charge in [0.1, 0.15) is 5.60 Å². The molecule has 1 aromatic carbocycles. The maximum absolute atomic E-state index is 12.9. The van der Waals surface area contributed by atoms with Crippen molar-refractivity contribution in [3.8, 4) is 0 Å². The van der Waals surface area contributed by atoms with Crippen molar-refractivity contribution in [2.75, 3.05) is 26.2 Å². The second-order valence-corrected chi connectivity index (χ2v) is 8.61. The Balaban J connectivity index is 1.90. The minimum atomic E-state index is -3.72. The average molecular weight is 341 g/mol. The lowest BCUT2D eigenvalue weighted by Crippen LogP contribution is -2.73. The number of benzene rings is 1. The van der Waals surface area contributed by atoms with Gasteiger partial charge in [-0.1, -0.05) is 0 Å². The van der Waals surface area contributed by atoms with Gasteiger partial charge < -0.3 is 10.1 Å². The Bertz CT molecular complexity index is 725. The van der Waals surface area contributed by atoms with Crippen molar-refractivity contribution in [1.82, 2.24) is 9.62 Å². The second-order valence-electron chi connectivity index (χ2n) is 6.67. The molecule has 2 saturated heterocycles. The third-order valence-corrected chi connectivity index (χ3v) is 5.90. The Kier molecular flexibility index (Phi) is 3.71. The number of hydrogen-bond donors (Lipinski definition) is 1. The summed E-state index contributed by atoms with van der Waals surface area (Å²) in [7, 11) is -3.72. The van der Waals surface area contributed by atoms with Gasteiger partial charge in [0.25, 0.3) is 5.69 Å². The normalized spacial score (nSPS) is 23.4. The third kappa shape index (κ3) is 2.97. The molecule has 0 atom stereocenters. The molecule has 2 fully saturated rings. The summed E-state index contributed by atoms with van der Waals surface area (Å²) in [6, 6.07) is 4.97. The van der Waals surface area contributed by atoms with E-state index in [1.807, 2.05) is 13.8 Å². The highest BCUT2D eigenvalue weighted by atomic mass is 32.2. The maximum atomic E-state index is 12.9. The first kappa shape index (κ1) is 16.3. The number of nitro benzene ring substituents is 1. The van der Waals surface area contributed by atoms with Gasteiger partial charge in [0, 0.05) is 38.3 Å². The topological polar surface area (TPSA) is 102 Å². The Hall–Kier alpha value is -1.55. The molecule has 0 radical (unpaired) electrons. The van der Waals surface area contributed by atoms with Crippen LogP contribution in [-0.2, 0) is 14.8 Å². The van der Waals surface area contributed by atoms with Gasteiger partial charge in [-0.2, -0.15) is 4.31 Å². The lowest BCUT2D eigenvalue weighted by molar-refractivity contribution is -0.384. The van der Waals surface area contributed by atoms with E-state index in [0.29, 0.717) is 13.1 Å². The van der Waals surface area contributed by atoms with E-state index in [4.69, 9.17) is 4.74 Å². The molecule has 0 unspecified atom stereocenters. The SMILES string of the molecule is CC1(C)CN(S(=O)(=O)c2ccc([N+](=O)[O-])cc2)CC2(CNC2)O1. The predicted molar refractivity (Wildman–Crippen MR) is 82.6 cm³/mol. The molecule has 2 aliphatic rings. The third-order valence-electron chi connectivity index (χ3n) is 4.09. The van der Waals surface area contributed by atoms with E-state index in [1.165, 1.54) is 28.6 Å². The van der Waals surface area contributed by atoms with Gasteiger partial charge in [0.05, 0.1) is 15.4 Å². The first-order chi connectivity index (χ1) is 10.6. The van der Waals surface area contributed by atoms with Crippen LogP contribution in [0.4, 0.5) is 5.69 Å². The van der Waals surface area contributed by atoms with Gasteiger partial charge in [-0.3, -0.25) is 10.1 Å². The molecule has 1 aromatic rings. The van der Waals surface area contributed by atoms with Crippen LogP contribution in [0, 0.1) is 10.1 Å². The average Bonchev–Trinajstić information content (AvgIpc) is 2.44. The first-order valence-electron chi connectivity index (χ1n) is 7.29. The summed E-state index contributed by atoms with van der Waals surface area (Å²) in [5.41, 5.74) is -1.21. The number of rotatable bonds is 3. The van der Waals surface area contributed by atoms with Gasteiger partial charge in [-0.25, -0.2) is 8.42 Å². The number of non-ortho nitro benzene ring substituents is 1. The number of nitrogens with one attached hydrogen (secondary N) is 1.